The first kappa shape index (κ1) is 14.5. The first-order chi connectivity index (χ1) is 11.4. The molecule has 0 N–H and O–H groups in total. The molecule has 0 saturated heterocycles. The molecule has 0 amide bonds. The Bertz CT molecular complexity index is 898. The molecule has 0 radical (unpaired) electrons. The van der Waals surface area contributed by atoms with Gasteiger partial charge in [-0.05, 0) is 17.5 Å². The molecule has 0 saturated carbocycles. The van der Waals surface area contributed by atoms with E-state index in [0.717, 1.165) is 28.0 Å². The van der Waals surface area contributed by atoms with Crippen molar-refractivity contribution in [3.05, 3.63) is 71.6 Å². The SMILES string of the molecule is c1ccc(CCSc2nnc3scc(-c4ccccc4)n23)cc1. The van der Waals surface area contributed by atoms with Gasteiger partial charge in [-0.15, -0.1) is 21.5 Å². The van der Waals surface area contributed by atoms with Crippen LogP contribution < -0.4 is 0 Å². The molecule has 5 heteroatoms. The molecule has 3 nitrogen and oxygen atoms in total. The zero-order valence-electron chi connectivity index (χ0n) is 12.4. The summed E-state index contributed by atoms with van der Waals surface area (Å²) in [6.07, 6.45) is 1.03. The number of aryl methyl sites for hydroxylation is 1. The highest BCUT2D eigenvalue weighted by Gasteiger charge is 2.13. The third-order valence-electron chi connectivity index (χ3n) is 3.65. The Hall–Kier alpha value is -2.11. The third kappa shape index (κ3) is 3.02. The van der Waals surface area contributed by atoms with Crippen LogP contribution in [0.15, 0.2) is 71.2 Å². The molecule has 23 heavy (non-hydrogen) atoms. The molecule has 0 atom stereocenters. The summed E-state index contributed by atoms with van der Waals surface area (Å²) >= 11 is 3.40. The van der Waals surface area contributed by atoms with Crippen molar-refractivity contribution in [2.24, 2.45) is 0 Å². The Morgan fingerprint density at radius 2 is 1.65 bits per heavy atom. The zero-order valence-corrected chi connectivity index (χ0v) is 14.1. The fourth-order valence-corrected chi connectivity index (χ4v) is 4.33. The minimum atomic E-state index is 0.950. The van der Waals surface area contributed by atoms with Gasteiger partial charge in [0, 0.05) is 11.1 Å². The van der Waals surface area contributed by atoms with Crippen molar-refractivity contribution < 1.29 is 0 Å². The van der Waals surface area contributed by atoms with Crippen LogP contribution in [0.3, 0.4) is 0 Å². The van der Waals surface area contributed by atoms with E-state index in [0.29, 0.717) is 0 Å². The molecule has 0 aliphatic carbocycles. The summed E-state index contributed by atoms with van der Waals surface area (Å²) in [5, 5.41) is 11.8. The minimum Gasteiger partial charge on any atom is -0.260 e. The molecule has 4 aromatic rings. The molecule has 0 spiro atoms. The maximum atomic E-state index is 4.36. The predicted octanol–water partition coefficient (Wildman–Crippen LogP) is 4.79. The van der Waals surface area contributed by atoms with Crippen LogP contribution in [-0.2, 0) is 6.42 Å². The summed E-state index contributed by atoms with van der Waals surface area (Å²) in [5.41, 5.74) is 3.72. The lowest BCUT2D eigenvalue weighted by atomic mass is 10.2. The summed E-state index contributed by atoms with van der Waals surface area (Å²) < 4.78 is 2.16. The van der Waals surface area contributed by atoms with E-state index in [1.807, 2.05) is 6.07 Å². The van der Waals surface area contributed by atoms with Gasteiger partial charge >= 0.3 is 0 Å². The Kier molecular flexibility index (Phi) is 4.13. The van der Waals surface area contributed by atoms with Crippen LogP contribution in [0.1, 0.15) is 5.56 Å². The van der Waals surface area contributed by atoms with Crippen LogP contribution in [0, 0.1) is 0 Å². The maximum Gasteiger partial charge on any atom is 0.217 e. The Balaban J connectivity index is 1.57. The van der Waals surface area contributed by atoms with Gasteiger partial charge in [0.05, 0.1) is 5.69 Å². The molecule has 2 heterocycles. The summed E-state index contributed by atoms with van der Waals surface area (Å²) in [6, 6.07) is 21.0. The van der Waals surface area contributed by atoms with Gasteiger partial charge < -0.3 is 0 Å². The Morgan fingerprint density at radius 1 is 0.913 bits per heavy atom. The quantitative estimate of drug-likeness (QED) is 0.490. The van der Waals surface area contributed by atoms with Crippen LogP contribution in [-0.4, -0.2) is 20.4 Å². The molecule has 0 bridgehead atoms. The molecule has 114 valence electrons. The smallest absolute Gasteiger partial charge is 0.217 e. The van der Waals surface area contributed by atoms with E-state index in [1.165, 1.54) is 11.1 Å². The summed E-state index contributed by atoms with van der Waals surface area (Å²) in [5.74, 6) is 0.995. The predicted molar refractivity (Wildman–Crippen MR) is 97.2 cm³/mol. The van der Waals surface area contributed by atoms with Crippen molar-refractivity contribution in [2.75, 3.05) is 5.75 Å². The van der Waals surface area contributed by atoms with Gasteiger partial charge in [-0.1, -0.05) is 72.4 Å². The second kappa shape index (κ2) is 6.56. The number of benzene rings is 2. The van der Waals surface area contributed by atoms with Crippen molar-refractivity contribution in [1.29, 1.82) is 0 Å². The summed E-state index contributed by atoms with van der Waals surface area (Å²) in [7, 11) is 0. The van der Waals surface area contributed by atoms with Crippen molar-refractivity contribution in [2.45, 2.75) is 11.6 Å². The second-order valence-corrected chi connectivity index (χ2v) is 7.07. The van der Waals surface area contributed by atoms with Gasteiger partial charge in [-0.2, -0.15) is 0 Å². The fraction of sp³-hybridized carbons (Fsp3) is 0.111. The van der Waals surface area contributed by atoms with Gasteiger partial charge in [-0.3, -0.25) is 4.40 Å². The second-order valence-electron chi connectivity index (χ2n) is 5.17. The highest BCUT2D eigenvalue weighted by atomic mass is 32.2. The normalized spacial score (nSPS) is 11.1. The van der Waals surface area contributed by atoms with Gasteiger partial charge in [0.25, 0.3) is 0 Å². The fourth-order valence-electron chi connectivity index (χ4n) is 2.50. The number of rotatable bonds is 5. The molecule has 2 aromatic heterocycles. The lowest BCUT2D eigenvalue weighted by Gasteiger charge is -2.03. The Labute approximate surface area is 143 Å². The molecule has 4 rings (SSSR count). The average molecular weight is 337 g/mol. The van der Waals surface area contributed by atoms with Crippen molar-refractivity contribution in [1.82, 2.24) is 14.6 Å². The van der Waals surface area contributed by atoms with Crippen LogP contribution >= 0.6 is 23.1 Å². The molecule has 0 aliphatic rings. The van der Waals surface area contributed by atoms with Gasteiger partial charge in [0.15, 0.2) is 5.16 Å². The number of hydrogen-bond donors (Lipinski definition) is 0. The van der Waals surface area contributed by atoms with E-state index in [-0.39, 0.29) is 0 Å². The first-order valence-electron chi connectivity index (χ1n) is 7.46. The molecule has 0 aliphatic heterocycles. The molecular weight excluding hydrogens is 322 g/mol. The van der Waals surface area contributed by atoms with E-state index in [1.54, 1.807) is 23.1 Å². The highest BCUT2D eigenvalue weighted by Crippen LogP contribution is 2.29. The summed E-state index contributed by atoms with van der Waals surface area (Å²) in [4.78, 5) is 0.950. The monoisotopic (exact) mass is 337 g/mol. The molecule has 0 fully saturated rings. The van der Waals surface area contributed by atoms with Crippen LogP contribution in [0.4, 0.5) is 0 Å². The number of thioether (sulfide) groups is 1. The zero-order chi connectivity index (χ0) is 15.5. The lowest BCUT2D eigenvalue weighted by Crippen LogP contribution is -1.92. The Morgan fingerprint density at radius 3 is 2.43 bits per heavy atom. The van der Waals surface area contributed by atoms with Gasteiger partial charge in [0.1, 0.15) is 0 Å². The minimum absolute atomic E-state index is 0.950. The van der Waals surface area contributed by atoms with Crippen LogP contribution in [0.25, 0.3) is 16.2 Å². The number of hydrogen-bond acceptors (Lipinski definition) is 4. The number of thiazole rings is 1. The van der Waals surface area contributed by atoms with Crippen molar-refractivity contribution in [3.8, 4) is 11.3 Å². The summed E-state index contributed by atoms with van der Waals surface area (Å²) in [6.45, 7) is 0. The number of aromatic nitrogens is 3. The average Bonchev–Trinajstić information content (AvgIpc) is 3.19. The van der Waals surface area contributed by atoms with Crippen LogP contribution in [0.2, 0.25) is 0 Å². The van der Waals surface area contributed by atoms with E-state index >= 15 is 0 Å². The highest BCUT2D eigenvalue weighted by molar-refractivity contribution is 7.99. The number of fused-ring (bicyclic) bond motifs is 1. The van der Waals surface area contributed by atoms with Crippen molar-refractivity contribution >= 4 is 28.1 Å². The number of nitrogens with zero attached hydrogens (tertiary/aromatic N) is 3. The molecular formula is C18H15N3S2. The maximum absolute atomic E-state index is 4.36. The van der Waals surface area contributed by atoms with E-state index in [4.69, 9.17) is 0 Å². The van der Waals surface area contributed by atoms with Gasteiger partial charge in [-0.25, -0.2) is 0 Å². The van der Waals surface area contributed by atoms with Crippen molar-refractivity contribution in [3.63, 3.8) is 0 Å². The third-order valence-corrected chi connectivity index (χ3v) is 5.40. The van der Waals surface area contributed by atoms with Crippen LogP contribution in [0.5, 0.6) is 0 Å². The topological polar surface area (TPSA) is 30.2 Å². The molecule has 2 aromatic carbocycles. The standard InChI is InChI=1S/C18H15N3S2/c1-3-7-14(8-4-1)11-12-22-17-19-20-18-21(17)16(13-23-18)15-9-5-2-6-10-15/h1-10,13H,11-12H2. The van der Waals surface area contributed by atoms with E-state index in [2.05, 4.69) is 74.6 Å². The van der Waals surface area contributed by atoms with E-state index < -0.39 is 0 Å². The van der Waals surface area contributed by atoms with Gasteiger partial charge in [0.2, 0.25) is 4.96 Å². The first-order valence-corrected chi connectivity index (χ1v) is 9.33. The largest absolute Gasteiger partial charge is 0.260 e. The van der Waals surface area contributed by atoms with E-state index in [9.17, 15) is 0 Å². The lowest BCUT2D eigenvalue weighted by molar-refractivity contribution is 0.926. The molecule has 0 unspecified atom stereocenters.